The number of ether oxygens (including phenoxy) is 1. The molecular weight excluding hydrogens is 318 g/mol. The first kappa shape index (κ1) is 18.5. The van der Waals surface area contributed by atoms with E-state index < -0.39 is 5.97 Å². The van der Waals surface area contributed by atoms with Crippen molar-refractivity contribution in [1.82, 2.24) is 4.90 Å². The maximum atomic E-state index is 12.5. The van der Waals surface area contributed by atoms with E-state index in [-0.39, 0.29) is 12.5 Å². The zero-order valence-corrected chi connectivity index (χ0v) is 14.8. The molecule has 25 heavy (non-hydrogen) atoms. The molecule has 5 heteroatoms. The number of hydrogen-bond donors (Lipinski definition) is 1. The summed E-state index contributed by atoms with van der Waals surface area (Å²) in [4.78, 5) is 24.7. The number of aryl methyl sites for hydroxylation is 2. The molecule has 0 fully saturated rings. The summed E-state index contributed by atoms with van der Waals surface area (Å²) in [7, 11) is 1.78. The lowest BCUT2D eigenvalue weighted by Crippen LogP contribution is -2.28. The number of aliphatic carboxylic acids is 1. The summed E-state index contributed by atoms with van der Waals surface area (Å²) in [5.74, 6) is -0.458. The Labute approximate surface area is 147 Å². The molecule has 0 atom stereocenters. The zero-order chi connectivity index (χ0) is 18.4. The van der Waals surface area contributed by atoms with E-state index in [1.54, 1.807) is 24.1 Å². The molecular formula is C20H23NO4. The lowest BCUT2D eigenvalue weighted by atomic mass is 9.99. The van der Waals surface area contributed by atoms with Crippen molar-refractivity contribution in [3.05, 3.63) is 64.7 Å². The number of carboxylic acid groups (broad SMARTS) is 1. The maximum absolute atomic E-state index is 12.5. The molecule has 0 radical (unpaired) electrons. The van der Waals surface area contributed by atoms with Crippen molar-refractivity contribution >= 4 is 11.9 Å². The number of benzene rings is 2. The summed E-state index contributed by atoms with van der Waals surface area (Å²) < 4.78 is 5.10. The van der Waals surface area contributed by atoms with Gasteiger partial charge in [-0.3, -0.25) is 4.79 Å². The molecule has 2 rings (SSSR count). The fourth-order valence-electron chi connectivity index (χ4n) is 2.61. The summed E-state index contributed by atoms with van der Waals surface area (Å²) in [6.45, 7) is 4.16. The van der Waals surface area contributed by atoms with Gasteiger partial charge in [0.05, 0.1) is 6.42 Å². The maximum Gasteiger partial charge on any atom is 0.341 e. The largest absolute Gasteiger partial charge is 0.482 e. The van der Waals surface area contributed by atoms with Gasteiger partial charge in [-0.05, 0) is 48.2 Å². The van der Waals surface area contributed by atoms with Crippen molar-refractivity contribution < 1.29 is 19.4 Å². The van der Waals surface area contributed by atoms with Crippen molar-refractivity contribution in [2.24, 2.45) is 0 Å². The summed E-state index contributed by atoms with van der Waals surface area (Å²) in [6, 6.07) is 13.1. The first-order chi connectivity index (χ1) is 11.9. The standard InChI is InChI=1S/C20H23NO4/c1-14-5-4-6-15(2)18(14)11-19(22)21(3)12-16-7-9-17(10-8-16)25-13-20(23)24/h4-10H,11-13H2,1-3H3,(H,23,24). The van der Waals surface area contributed by atoms with Crippen LogP contribution in [0.25, 0.3) is 0 Å². The van der Waals surface area contributed by atoms with Gasteiger partial charge in [0.1, 0.15) is 5.75 Å². The van der Waals surface area contributed by atoms with Gasteiger partial charge in [0.2, 0.25) is 5.91 Å². The SMILES string of the molecule is Cc1cccc(C)c1CC(=O)N(C)Cc1ccc(OCC(=O)O)cc1. The van der Waals surface area contributed by atoms with E-state index in [9.17, 15) is 9.59 Å². The smallest absolute Gasteiger partial charge is 0.341 e. The Morgan fingerprint density at radius 3 is 2.20 bits per heavy atom. The second-order valence-electron chi connectivity index (χ2n) is 6.12. The molecule has 0 aromatic heterocycles. The highest BCUT2D eigenvalue weighted by Crippen LogP contribution is 2.17. The number of carbonyl (C=O) groups excluding carboxylic acids is 1. The fraction of sp³-hybridized carbons (Fsp3) is 0.300. The average molecular weight is 341 g/mol. The van der Waals surface area contributed by atoms with Gasteiger partial charge in [0, 0.05) is 13.6 Å². The van der Waals surface area contributed by atoms with Crippen LogP contribution in [0.15, 0.2) is 42.5 Å². The Morgan fingerprint density at radius 1 is 1.04 bits per heavy atom. The van der Waals surface area contributed by atoms with Crippen LogP contribution < -0.4 is 4.74 Å². The molecule has 0 spiro atoms. The highest BCUT2D eigenvalue weighted by atomic mass is 16.5. The zero-order valence-electron chi connectivity index (χ0n) is 14.8. The molecule has 1 amide bonds. The van der Waals surface area contributed by atoms with Crippen molar-refractivity contribution in [3.63, 3.8) is 0 Å². The Balaban J connectivity index is 1.95. The molecule has 0 aliphatic heterocycles. The molecule has 0 bridgehead atoms. The van der Waals surface area contributed by atoms with Gasteiger partial charge in [-0.15, -0.1) is 0 Å². The Kier molecular flexibility index (Phi) is 6.17. The third-order valence-electron chi connectivity index (χ3n) is 4.10. The number of nitrogens with zero attached hydrogens (tertiary/aromatic N) is 1. The van der Waals surface area contributed by atoms with E-state index in [1.807, 2.05) is 44.2 Å². The molecule has 0 heterocycles. The normalized spacial score (nSPS) is 10.4. The predicted octanol–water partition coefficient (Wildman–Crippen LogP) is 2.97. The number of likely N-dealkylation sites (N-methyl/N-ethyl adjacent to an activating group) is 1. The minimum absolute atomic E-state index is 0.0589. The molecule has 0 unspecified atom stereocenters. The number of carboxylic acids is 1. The third kappa shape index (κ3) is 5.35. The molecule has 5 nitrogen and oxygen atoms in total. The number of rotatable bonds is 7. The molecule has 0 aliphatic carbocycles. The van der Waals surface area contributed by atoms with Crippen molar-refractivity contribution in [2.45, 2.75) is 26.8 Å². The highest BCUT2D eigenvalue weighted by molar-refractivity contribution is 5.79. The molecule has 0 aliphatic rings. The topological polar surface area (TPSA) is 66.8 Å². The average Bonchev–Trinajstić information content (AvgIpc) is 2.57. The van der Waals surface area contributed by atoms with Crippen LogP contribution in [-0.4, -0.2) is 35.5 Å². The van der Waals surface area contributed by atoms with Crippen LogP contribution in [0.1, 0.15) is 22.3 Å². The monoisotopic (exact) mass is 341 g/mol. The summed E-state index contributed by atoms with van der Waals surface area (Å²) in [5, 5.41) is 8.60. The first-order valence-corrected chi connectivity index (χ1v) is 8.09. The highest BCUT2D eigenvalue weighted by Gasteiger charge is 2.13. The number of amides is 1. The van der Waals surface area contributed by atoms with Crippen LogP contribution in [0.4, 0.5) is 0 Å². The van der Waals surface area contributed by atoms with Crippen LogP contribution in [0.3, 0.4) is 0 Å². The summed E-state index contributed by atoms with van der Waals surface area (Å²) in [6.07, 6.45) is 0.384. The van der Waals surface area contributed by atoms with E-state index >= 15 is 0 Å². The van der Waals surface area contributed by atoms with E-state index in [0.717, 1.165) is 22.3 Å². The molecule has 1 N–H and O–H groups in total. The molecule has 2 aromatic carbocycles. The summed E-state index contributed by atoms with van der Waals surface area (Å²) in [5.41, 5.74) is 4.29. The predicted molar refractivity (Wildman–Crippen MR) is 95.7 cm³/mol. The molecule has 2 aromatic rings. The third-order valence-corrected chi connectivity index (χ3v) is 4.10. The quantitative estimate of drug-likeness (QED) is 0.841. The molecule has 0 saturated carbocycles. The van der Waals surface area contributed by atoms with Crippen LogP contribution in [-0.2, 0) is 22.6 Å². The van der Waals surface area contributed by atoms with Gasteiger partial charge in [-0.2, -0.15) is 0 Å². The number of hydrogen-bond acceptors (Lipinski definition) is 3. The van der Waals surface area contributed by atoms with Crippen LogP contribution in [0, 0.1) is 13.8 Å². The molecule has 0 saturated heterocycles. The van der Waals surface area contributed by atoms with Crippen LogP contribution in [0.2, 0.25) is 0 Å². The fourth-order valence-corrected chi connectivity index (χ4v) is 2.61. The van der Waals surface area contributed by atoms with Gasteiger partial charge in [0.15, 0.2) is 6.61 Å². The second kappa shape index (κ2) is 8.33. The van der Waals surface area contributed by atoms with Crippen LogP contribution in [0.5, 0.6) is 5.75 Å². The lowest BCUT2D eigenvalue weighted by Gasteiger charge is -2.19. The van der Waals surface area contributed by atoms with Crippen molar-refractivity contribution in [1.29, 1.82) is 0 Å². The van der Waals surface area contributed by atoms with Gasteiger partial charge < -0.3 is 14.7 Å². The van der Waals surface area contributed by atoms with Gasteiger partial charge in [-0.25, -0.2) is 4.79 Å². The number of carbonyl (C=O) groups is 2. The van der Waals surface area contributed by atoms with Gasteiger partial charge >= 0.3 is 5.97 Å². The lowest BCUT2D eigenvalue weighted by molar-refractivity contribution is -0.139. The van der Waals surface area contributed by atoms with Gasteiger partial charge in [0.25, 0.3) is 0 Å². The van der Waals surface area contributed by atoms with Gasteiger partial charge in [-0.1, -0.05) is 30.3 Å². The minimum atomic E-state index is -1.01. The first-order valence-electron chi connectivity index (χ1n) is 8.09. The van der Waals surface area contributed by atoms with E-state index in [2.05, 4.69) is 0 Å². The van der Waals surface area contributed by atoms with E-state index in [0.29, 0.717) is 18.7 Å². The van der Waals surface area contributed by atoms with E-state index in [4.69, 9.17) is 9.84 Å². The summed E-state index contributed by atoms with van der Waals surface area (Å²) >= 11 is 0. The second-order valence-corrected chi connectivity index (χ2v) is 6.12. The van der Waals surface area contributed by atoms with Crippen molar-refractivity contribution in [2.75, 3.05) is 13.7 Å². The van der Waals surface area contributed by atoms with Crippen molar-refractivity contribution in [3.8, 4) is 5.75 Å². The Hall–Kier alpha value is -2.82. The minimum Gasteiger partial charge on any atom is -0.482 e. The molecule has 132 valence electrons. The van der Waals surface area contributed by atoms with E-state index in [1.165, 1.54) is 0 Å². The Morgan fingerprint density at radius 2 is 1.64 bits per heavy atom. The van der Waals surface area contributed by atoms with Crippen LogP contribution >= 0.6 is 0 Å². The Bertz CT molecular complexity index is 733.